The summed E-state index contributed by atoms with van der Waals surface area (Å²) in [7, 11) is 0. The van der Waals surface area contributed by atoms with Gasteiger partial charge in [-0.3, -0.25) is 14.6 Å². The Balaban J connectivity index is 1.24. The van der Waals surface area contributed by atoms with Crippen molar-refractivity contribution in [1.82, 2.24) is 9.88 Å². The summed E-state index contributed by atoms with van der Waals surface area (Å²) in [6.07, 6.45) is 1.70. The topological polar surface area (TPSA) is 80.8 Å². The first-order chi connectivity index (χ1) is 13.7. The number of amides is 2. The highest BCUT2D eigenvalue weighted by Gasteiger charge is 2.36. The molecule has 7 nitrogen and oxygen atoms in total. The number of para-hydroxylation sites is 1. The molecule has 2 aliphatic rings. The Morgan fingerprint density at radius 2 is 1.86 bits per heavy atom. The average molecular weight is 375 g/mol. The summed E-state index contributed by atoms with van der Waals surface area (Å²) in [5, 5.41) is 3.91. The predicted octanol–water partition coefficient (Wildman–Crippen LogP) is 2.67. The fraction of sp³-hybridized carbons (Fsp3) is 0.190. The summed E-state index contributed by atoms with van der Waals surface area (Å²) in [4.78, 5) is 31.2. The number of anilines is 1. The Hall–Kier alpha value is -3.61. The van der Waals surface area contributed by atoms with Crippen molar-refractivity contribution in [3.8, 4) is 11.5 Å². The van der Waals surface area contributed by atoms with Crippen LogP contribution in [0.1, 0.15) is 10.4 Å². The number of rotatable bonds is 3. The molecule has 2 amide bonds. The summed E-state index contributed by atoms with van der Waals surface area (Å²) >= 11 is 0. The number of nitrogens with one attached hydrogen (secondary N) is 1. The van der Waals surface area contributed by atoms with E-state index in [1.54, 1.807) is 29.3 Å². The average Bonchev–Trinajstić information content (AvgIpc) is 3.15. The van der Waals surface area contributed by atoms with Crippen LogP contribution >= 0.6 is 0 Å². The number of hydrogen-bond acceptors (Lipinski definition) is 5. The largest absolute Gasteiger partial charge is 0.454 e. The maximum absolute atomic E-state index is 12.6. The molecule has 0 atom stereocenters. The number of pyridine rings is 1. The Labute approximate surface area is 160 Å². The van der Waals surface area contributed by atoms with E-state index < -0.39 is 0 Å². The second-order valence-electron chi connectivity index (χ2n) is 6.85. The minimum absolute atomic E-state index is 0.104. The van der Waals surface area contributed by atoms with Gasteiger partial charge in [0.15, 0.2) is 11.5 Å². The van der Waals surface area contributed by atoms with Gasteiger partial charge in [0.2, 0.25) is 12.7 Å². The first kappa shape index (κ1) is 16.6. The molecule has 1 aromatic heterocycles. The van der Waals surface area contributed by atoms with Crippen LogP contribution in [0.4, 0.5) is 5.69 Å². The predicted molar refractivity (Wildman–Crippen MR) is 102 cm³/mol. The van der Waals surface area contributed by atoms with Crippen LogP contribution in [0.5, 0.6) is 11.5 Å². The fourth-order valence-corrected chi connectivity index (χ4v) is 3.46. The van der Waals surface area contributed by atoms with Gasteiger partial charge in [0.05, 0.1) is 17.1 Å². The summed E-state index contributed by atoms with van der Waals surface area (Å²) < 4.78 is 10.6. The van der Waals surface area contributed by atoms with Crippen LogP contribution in [0.2, 0.25) is 0 Å². The van der Waals surface area contributed by atoms with Crippen molar-refractivity contribution in [3.63, 3.8) is 0 Å². The number of likely N-dealkylation sites (tertiary alicyclic amines) is 1. The number of carbonyl (C=O) groups is 2. The van der Waals surface area contributed by atoms with Crippen molar-refractivity contribution in [1.29, 1.82) is 0 Å². The van der Waals surface area contributed by atoms with E-state index in [1.807, 2.05) is 30.3 Å². The van der Waals surface area contributed by atoms with Gasteiger partial charge in [-0.2, -0.15) is 0 Å². The molecule has 28 heavy (non-hydrogen) atoms. The highest BCUT2D eigenvalue weighted by atomic mass is 16.7. The summed E-state index contributed by atoms with van der Waals surface area (Å²) in [5.41, 5.74) is 1.97. The zero-order valence-electron chi connectivity index (χ0n) is 14.9. The lowest BCUT2D eigenvalue weighted by atomic mass is 9.97. The number of aromatic nitrogens is 1. The van der Waals surface area contributed by atoms with Crippen molar-refractivity contribution < 1.29 is 19.1 Å². The molecule has 2 aromatic carbocycles. The van der Waals surface area contributed by atoms with Crippen molar-refractivity contribution in [2.75, 3.05) is 25.2 Å². The van der Waals surface area contributed by atoms with Gasteiger partial charge in [-0.25, -0.2) is 0 Å². The third kappa shape index (κ3) is 2.81. The molecule has 3 aromatic rings. The maximum Gasteiger partial charge on any atom is 0.254 e. The number of ether oxygens (including phenoxy) is 2. The van der Waals surface area contributed by atoms with Crippen LogP contribution in [-0.2, 0) is 4.79 Å². The first-order valence-electron chi connectivity index (χ1n) is 9.02. The lowest BCUT2D eigenvalue weighted by Gasteiger charge is -2.38. The number of hydrogen-bond donors (Lipinski definition) is 1. The van der Waals surface area contributed by atoms with Gasteiger partial charge < -0.3 is 19.7 Å². The second kappa shape index (κ2) is 6.53. The highest BCUT2D eigenvalue weighted by Crippen LogP contribution is 2.33. The summed E-state index contributed by atoms with van der Waals surface area (Å²) in [5.74, 6) is 0.754. The number of benzene rings is 2. The molecular weight excluding hydrogens is 358 g/mol. The molecule has 0 bridgehead atoms. The van der Waals surface area contributed by atoms with E-state index in [4.69, 9.17) is 9.47 Å². The van der Waals surface area contributed by atoms with Gasteiger partial charge in [-0.05, 0) is 30.3 Å². The highest BCUT2D eigenvalue weighted by molar-refractivity contribution is 6.03. The molecular formula is C21H17N3O4. The molecule has 7 heteroatoms. The molecule has 1 N–H and O–H groups in total. The van der Waals surface area contributed by atoms with E-state index in [-0.39, 0.29) is 24.5 Å². The molecule has 140 valence electrons. The van der Waals surface area contributed by atoms with Gasteiger partial charge >= 0.3 is 0 Å². The van der Waals surface area contributed by atoms with E-state index in [0.29, 0.717) is 35.8 Å². The standard InChI is InChI=1S/C21H17N3O4/c25-20(23-16-5-1-3-13-4-2-8-22-19(13)16)15-10-24(11-15)21(26)14-6-7-17-18(9-14)28-12-27-17/h1-9,15H,10-12H2,(H,23,25). The molecule has 3 heterocycles. The van der Waals surface area contributed by atoms with Crippen molar-refractivity contribution in [3.05, 3.63) is 60.3 Å². The molecule has 0 radical (unpaired) electrons. The van der Waals surface area contributed by atoms with E-state index >= 15 is 0 Å². The molecule has 1 fully saturated rings. The Kier molecular flexibility index (Phi) is 3.86. The molecule has 5 rings (SSSR count). The van der Waals surface area contributed by atoms with Gasteiger partial charge in [-0.15, -0.1) is 0 Å². The first-order valence-corrected chi connectivity index (χ1v) is 9.02. The maximum atomic E-state index is 12.6. The van der Waals surface area contributed by atoms with Crippen LogP contribution in [0.3, 0.4) is 0 Å². The normalized spacial score (nSPS) is 15.4. The zero-order valence-corrected chi connectivity index (χ0v) is 14.9. The number of carbonyl (C=O) groups excluding carboxylic acids is 2. The van der Waals surface area contributed by atoms with Crippen LogP contribution in [0.15, 0.2) is 54.7 Å². The fourth-order valence-electron chi connectivity index (χ4n) is 3.46. The Bertz CT molecular complexity index is 1090. The zero-order chi connectivity index (χ0) is 19.1. The minimum Gasteiger partial charge on any atom is -0.454 e. The van der Waals surface area contributed by atoms with Gasteiger partial charge in [0.25, 0.3) is 5.91 Å². The summed E-state index contributed by atoms with van der Waals surface area (Å²) in [6, 6.07) is 14.6. The van der Waals surface area contributed by atoms with E-state index in [2.05, 4.69) is 10.3 Å². The Morgan fingerprint density at radius 3 is 2.75 bits per heavy atom. The van der Waals surface area contributed by atoms with E-state index in [9.17, 15) is 9.59 Å². The lowest BCUT2D eigenvalue weighted by Crippen LogP contribution is -2.54. The summed E-state index contributed by atoms with van der Waals surface area (Å²) in [6.45, 7) is 0.941. The smallest absolute Gasteiger partial charge is 0.254 e. The SMILES string of the molecule is O=C(Nc1cccc2cccnc12)C1CN(C(=O)c2ccc3c(c2)OCO3)C1. The van der Waals surface area contributed by atoms with Crippen molar-refractivity contribution >= 4 is 28.4 Å². The molecule has 0 aliphatic carbocycles. The molecule has 1 saturated heterocycles. The Morgan fingerprint density at radius 1 is 1.04 bits per heavy atom. The third-order valence-electron chi connectivity index (χ3n) is 5.05. The molecule has 2 aliphatic heterocycles. The van der Waals surface area contributed by atoms with E-state index in [1.165, 1.54) is 0 Å². The lowest BCUT2D eigenvalue weighted by molar-refractivity contribution is -0.123. The second-order valence-corrected chi connectivity index (χ2v) is 6.85. The van der Waals surface area contributed by atoms with Crippen LogP contribution in [-0.4, -0.2) is 41.6 Å². The van der Waals surface area contributed by atoms with E-state index in [0.717, 1.165) is 10.9 Å². The minimum atomic E-state index is -0.239. The van der Waals surface area contributed by atoms with Gasteiger partial charge in [-0.1, -0.05) is 18.2 Å². The molecule has 0 unspecified atom stereocenters. The van der Waals surface area contributed by atoms with Gasteiger partial charge in [0.1, 0.15) is 0 Å². The molecule has 0 saturated carbocycles. The third-order valence-corrected chi connectivity index (χ3v) is 5.05. The van der Waals surface area contributed by atoms with Gasteiger partial charge in [0, 0.05) is 30.2 Å². The van der Waals surface area contributed by atoms with Crippen LogP contribution in [0.25, 0.3) is 10.9 Å². The van der Waals surface area contributed by atoms with Crippen LogP contribution in [0, 0.1) is 5.92 Å². The quantitative estimate of drug-likeness (QED) is 0.761. The monoisotopic (exact) mass is 375 g/mol. The van der Waals surface area contributed by atoms with Crippen molar-refractivity contribution in [2.24, 2.45) is 5.92 Å². The van der Waals surface area contributed by atoms with Crippen molar-refractivity contribution in [2.45, 2.75) is 0 Å². The number of fused-ring (bicyclic) bond motifs is 2. The van der Waals surface area contributed by atoms with Crippen LogP contribution < -0.4 is 14.8 Å². The number of nitrogens with zero attached hydrogens (tertiary/aromatic N) is 2. The molecule has 0 spiro atoms.